The van der Waals surface area contributed by atoms with E-state index in [9.17, 15) is 0 Å². The number of para-hydroxylation sites is 1. The third-order valence-electron chi connectivity index (χ3n) is 6.83. The van der Waals surface area contributed by atoms with Gasteiger partial charge in [0.25, 0.3) is 0 Å². The number of hydrogen-bond donors (Lipinski definition) is 0. The SMILES string of the molecule is Cc1c(-c2cccc[n+]2C)cccc1N(c1ccccc1)c1cccc2c1C[n+]1ccccc1-2. The third-order valence-corrected chi connectivity index (χ3v) is 6.83. The van der Waals surface area contributed by atoms with Gasteiger partial charge in [0.1, 0.15) is 7.05 Å². The molecule has 1 aliphatic heterocycles. The van der Waals surface area contributed by atoms with E-state index in [0.717, 1.165) is 12.2 Å². The topological polar surface area (TPSA) is 11.0 Å². The zero-order valence-corrected chi connectivity index (χ0v) is 19.5. The van der Waals surface area contributed by atoms with Gasteiger partial charge in [0, 0.05) is 35.6 Å². The highest BCUT2D eigenvalue weighted by atomic mass is 15.2. The number of aromatic nitrogens is 2. The molecule has 0 bridgehead atoms. The second kappa shape index (κ2) is 8.27. The number of benzene rings is 3. The van der Waals surface area contributed by atoms with Crippen LogP contribution in [0.15, 0.2) is 116 Å². The van der Waals surface area contributed by atoms with Crippen molar-refractivity contribution < 1.29 is 9.13 Å². The highest BCUT2D eigenvalue weighted by Crippen LogP contribution is 2.43. The first-order chi connectivity index (χ1) is 16.7. The summed E-state index contributed by atoms with van der Waals surface area (Å²) in [5.41, 5.74) is 11.2. The van der Waals surface area contributed by atoms with Crippen LogP contribution in [0.4, 0.5) is 17.1 Å². The fourth-order valence-corrected chi connectivity index (χ4v) is 5.15. The smallest absolute Gasteiger partial charge is 0.213 e. The van der Waals surface area contributed by atoms with Gasteiger partial charge in [0.2, 0.25) is 11.4 Å². The largest absolute Gasteiger partial charge is 0.310 e. The summed E-state index contributed by atoms with van der Waals surface area (Å²) < 4.78 is 4.52. The Hall–Kier alpha value is -4.24. The second-order valence-corrected chi connectivity index (χ2v) is 8.83. The van der Waals surface area contributed by atoms with Crippen molar-refractivity contribution in [2.45, 2.75) is 13.5 Å². The van der Waals surface area contributed by atoms with Crippen LogP contribution in [0.25, 0.3) is 22.5 Å². The van der Waals surface area contributed by atoms with Gasteiger partial charge in [0.05, 0.1) is 22.4 Å². The van der Waals surface area contributed by atoms with Gasteiger partial charge in [-0.1, -0.05) is 30.3 Å². The van der Waals surface area contributed by atoms with Crippen LogP contribution in [-0.2, 0) is 13.6 Å². The lowest BCUT2D eigenvalue weighted by atomic mass is 9.99. The van der Waals surface area contributed by atoms with Crippen molar-refractivity contribution in [1.29, 1.82) is 0 Å². The van der Waals surface area contributed by atoms with Gasteiger partial charge in [-0.15, -0.1) is 0 Å². The maximum atomic E-state index is 2.42. The third kappa shape index (κ3) is 3.29. The van der Waals surface area contributed by atoms with Gasteiger partial charge >= 0.3 is 0 Å². The van der Waals surface area contributed by atoms with Crippen molar-refractivity contribution in [2.75, 3.05) is 4.90 Å². The quantitative estimate of drug-likeness (QED) is 0.293. The van der Waals surface area contributed by atoms with E-state index < -0.39 is 0 Å². The standard InChI is InChI=1S/C31H27N3/c1-23-25(29-16-6-8-20-32(29)2)14-10-18-28(23)34(24-12-4-3-5-13-24)31-19-11-15-26-27(31)22-33-21-9-7-17-30(26)33/h3-21H,22H2,1-2H3/q+2. The second-order valence-electron chi connectivity index (χ2n) is 8.83. The van der Waals surface area contributed by atoms with Gasteiger partial charge in [0.15, 0.2) is 18.9 Å². The Morgan fingerprint density at radius 3 is 2.09 bits per heavy atom. The molecule has 0 saturated carbocycles. The lowest BCUT2D eigenvalue weighted by Gasteiger charge is -2.29. The molecule has 0 amide bonds. The van der Waals surface area contributed by atoms with E-state index in [-0.39, 0.29) is 0 Å². The highest BCUT2D eigenvalue weighted by molar-refractivity contribution is 5.86. The molecule has 1 aliphatic rings. The molecule has 0 radical (unpaired) electrons. The molecule has 5 aromatic rings. The summed E-state index contributed by atoms with van der Waals surface area (Å²) in [6.45, 7) is 3.11. The molecular formula is C31H27N3+2. The average molecular weight is 442 g/mol. The molecule has 3 aromatic carbocycles. The zero-order chi connectivity index (χ0) is 23.1. The Morgan fingerprint density at radius 1 is 0.618 bits per heavy atom. The molecule has 3 heterocycles. The Bertz CT molecular complexity index is 1500. The molecule has 3 heteroatoms. The number of nitrogens with zero attached hydrogens (tertiary/aromatic N) is 3. The van der Waals surface area contributed by atoms with Gasteiger partial charge in [-0.05, 0) is 61.0 Å². The summed E-state index contributed by atoms with van der Waals surface area (Å²) in [5.74, 6) is 0. The number of hydrogen-bond acceptors (Lipinski definition) is 1. The lowest BCUT2D eigenvalue weighted by molar-refractivity contribution is -0.672. The van der Waals surface area contributed by atoms with Crippen molar-refractivity contribution >= 4 is 17.1 Å². The van der Waals surface area contributed by atoms with Crippen LogP contribution in [0.5, 0.6) is 0 Å². The van der Waals surface area contributed by atoms with E-state index in [0.29, 0.717) is 0 Å². The number of pyridine rings is 2. The zero-order valence-electron chi connectivity index (χ0n) is 19.5. The van der Waals surface area contributed by atoms with Crippen LogP contribution in [0.3, 0.4) is 0 Å². The summed E-state index contributed by atoms with van der Waals surface area (Å²) in [6, 6.07) is 36.8. The number of fused-ring (bicyclic) bond motifs is 3. The van der Waals surface area contributed by atoms with Crippen LogP contribution in [0, 0.1) is 6.92 Å². The molecule has 0 atom stereocenters. The van der Waals surface area contributed by atoms with Crippen LogP contribution >= 0.6 is 0 Å². The maximum Gasteiger partial charge on any atom is 0.213 e. The summed E-state index contributed by atoms with van der Waals surface area (Å²) >= 11 is 0. The van der Waals surface area contributed by atoms with Crippen molar-refractivity contribution in [3.63, 3.8) is 0 Å². The van der Waals surface area contributed by atoms with E-state index >= 15 is 0 Å². The van der Waals surface area contributed by atoms with Crippen molar-refractivity contribution in [2.24, 2.45) is 7.05 Å². The number of rotatable bonds is 4. The molecule has 34 heavy (non-hydrogen) atoms. The fraction of sp³-hybridized carbons (Fsp3) is 0.0968. The summed E-state index contributed by atoms with van der Waals surface area (Å²) in [4.78, 5) is 2.42. The molecule has 0 unspecified atom stereocenters. The first-order valence-corrected chi connectivity index (χ1v) is 11.7. The molecule has 0 aliphatic carbocycles. The lowest BCUT2D eigenvalue weighted by Crippen LogP contribution is -2.31. The van der Waals surface area contributed by atoms with E-state index in [1.54, 1.807) is 0 Å². The first-order valence-electron chi connectivity index (χ1n) is 11.7. The normalized spacial score (nSPS) is 11.7. The summed E-state index contributed by atoms with van der Waals surface area (Å²) in [5, 5.41) is 0. The number of anilines is 3. The highest BCUT2D eigenvalue weighted by Gasteiger charge is 2.30. The fourth-order valence-electron chi connectivity index (χ4n) is 5.15. The Labute approximate surface area is 200 Å². The molecule has 2 aromatic heterocycles. The van der Waals surface area contributed by atoms with Crippen LogP contribution in [0.1, 0.15) is 11.1 Å². The van der Waals surface area contributed by atoms with Crippen LogP contribution < -0.4 is 14.0 Å². The van der Waals surface area contributed by atoms with E-state index in [1.807, 2.05) is 0 Å². The molecule has 0 saturated heterocycles. The van der Waals surface area contributed by atoms with Crippen molar-refractivity contribution in [3.8, 4) is 22.5 Å². The Balaban J connectivity index is 1.58. The molecule has 3 nitrogen and oxygen atoms in total. The predicted octanol–water partition coefficient (Wildman–Crippen LogP) is 6.27. The Kier molecular flexibility index (Phi) is 4.96. The van der Waals surface area contributed by atoms with E-state index in [4.69, 9.17) is 0 Å². The van der Waals surface area contributed by atoms with Gasteiger partial charge in [-0.25, -0.2) is 4.57 Å². The molecular weight excluding hydrogens is 414 g/mol. The minimum Gasteiger partial charge on any atom is -0.310 e. The van der Waals surface area contributed by atoms with Gasteiger partial charge in [-0.2, -0.15) is 4.57 Å². The molecule has 0 fully saturated rings. The van der Waals surface area contributed by atoms with Crippen molar-refractivity contribution in [3.05, 3.63) is 127 Å². The minimum atomic E-state index is 0.872. The maximum absolute atomic E-state index is 2.42. The average Bonchev–Trinajstić information content (AvgIpc) is 3.26. The molecule has 0 N–H and O–H groups in total. The van der Waals surface area contributed by atoms with E-state index in [2.05, 4.69) is 144 Å². The van der Waals surface area contributed by atoms with Crippen molar-refractivity contribution in [1.82, 2.24) is 0 Å². The molecule has 6 rings (SSSR count). The molecule has 0 spiro atoms. The molecule has 164 valence electrons. The number of aryl methyl sites for hydroxylation is 1. The van der Waals surface area contributed by atoms with Gasteiger partial charge < -0.3 is 4.90 Å². The minimum absolute atomic E-state index is 0.872. The van der Waals surface area contributed by atoms with Gasteiger partial charge in [-0.3, -0.25) is 0 Å². The predicted molar refractivity (Wildman–Crippen MR) is 137 cm³/mol. The Morgan fingerprint density at radius 2 is 1.29 bits per heavy atom. The van der Waals surface area contributed by atoms with E-state index in [1.165, 1.54) is 45.0 Å². The summed E-state index contributed by atoms with van der Waals surface area (Å²) in [7, 11) is 2.11. The monoisotopic (exact) mass is 441 g/mol. The summed E-state index contributed by atoms with van der Waals surface area (Å²) in [6.07, 6.45) is 4.28. The first kappa shape index (κ1) is 20.4. The van der Waals surface area contributed by atoms with Crippen LogP contribution in [0.2, 0.25) is 0 Å². The van der Waals surface area contributed by atoms with Crippen LogP contribution in [-0.4, -0.2) is 0 Å².